The summed E-state index contributed by atoms with van der Waals surface area (Å²) in [4.78, 5) is 29.6. The number of nitrogens with one attached hydrogen (secondary N) is 1. The summed E-state index contributed by atoms with van der Waals surface area (Å²) in [6.07, 6.45) is 7.76. The normalized spacial score (nSPS) is 24.6. The Morgan fingerprint density at radius 3 is 2.52 bits per heavy atom. The van der Waals surface area contributed by atoms with Crippen LogP contribution in [-0.2, 0) is 4.79 Å². The van der Waals surface area contributed by atoms with Gasteiger partial charge in [0.15, 0.2) is 0 Å². The fourth-order valence-electron chi connectivity index (χ4n) is 5.10. The molecular weight excluding hydrogens is 370 g/mol. The molecule has 1 aliphatic carbocycles. The predicted molar refractivity (Wildman–Crippen MR) is 109 cm³/mol. The van der Waals surface area contributed by atoms with Gasteiger partial charge in [-0.1, -0.05) is 31.7 Å². The van der Waals surface area contributed by atoms with Crippen LogP contribution in [0.25, 0.3) is 0 Å². The van der Waals surface area contributed by atoms with Gasteiger partial charge in [-0.15, -0.1) is 0 Å². The Hall–Kier alpha value is -2.28. The van der Waals surface area contributed by atoms with Gasteiger partial charge in [0.2, 0.25) is 0 Å². The number of benzene rings is 1. The summed E-state index contributed by atoms with van der Waals surface area (Å²) in [6.45, 7) is 1.18. The van der Waals surface area contributed by atoms with Crippen molar-refractivity contribution in [3.63, 3.8) is 0 Å². The number of imide groups is 1. The van der Waals surface area contributed by atoms with E-state index in [0.717, 1.165) is 75.0 Å². The molecule has 1 unspecified atom stereocenters. The molecule has 7 heteroatoms. The van der Waals surface area contributed by atoms with E-state index in [9.17, 15) is 9.59 Å². The first-order chi connectivity index (χ1) is 14.1. The van der Waals surface area contributed by atoms with Crippen LogP contribution in [0.5, 0.6) is 11.5 Å². The highest BCUT2D eigenvalue weighted by Gasteiger charge is 2.51. The molecule has 1 aromatic carbocycles. The number of methoxy groups -OCH3 is 2. The van der Waals surface area contributed by atoms with Crippen LogP contribution in [0.2, 0.25) is 0 Å². The summed E-state index contributed by atoms with van der Waals surface area (Å²) in [6, 6.07) is 5.72. The maximum absolute atomic E-state index is 13.3. The Morgan fingerprint density at radius 1 is 1.07 bits per heavy atom. The quantitative estimate of drug-likeness (QED) is 0.766. The molecule has 1 aromatic rings. The van der Waals surface area contributed by atoms with E-state index in [-0.39, 0.29) is 18.0 Å². The summed E-state index contributed by atoms with van der Waals surface area (Å²) < 4.78 is 10.9. The number of nitrogens with zero attached hydrogens (tertiary/aromatic N) is 2. The minimum atomic E-state index is -0.680. The van der Waals surface area contributed by atoms with Gasteiger partial charge in [-0.05, 0) is 31.7 Å². The maximum Gasteiger partial charge on any atom is 0.326 e. The predicted octanol–water partition coefficient (Wildman–Crippen LogP) is 3.44. The lowest BCUT2D eigenvalue weighted by Gasteiger charge is -2.30. The van der Waals surface area contributed by atoms with Gasteiger partial charge in [0.05, 0.1) is 20.9 Å². The Bertz CT molecular complexity index is 773. The lowest BCUT2D eigenvalue weighted by Crippen LogP contribution is -2.47. The summed E-state index contributed by atoms with van der Waals surface area (Å²) >= 11 is 0. The second-order valence-corrected chi connectivity index (χ2v) is 8.38. The van der Waals surface area contributed by atoms with Crippen molar-refractivity contribution in [1.29, 1.82) is 0 Å². The first kappa shape index (κ1) is 20.0. The van der Waals surface area contributed by atoms with E-state index in [1.807, 2.05) is 18.2 Å². The number of ether oxygens (including phenoxy) is 2. The van der Waals surface area contributed by atoms with Crippen molar-refractivity contribution in [3.8, 4) is 11.5 Å². The summed E-state index contributed by atoms with van der Waals surface area (Å²) in [5.41, 5.74) is 0.391. The lowest BCUT2D eigenvalue weighted by molar-refractivity contribution is -0.133. The lowest BCUT2D eigenvalue weighted by atomic mass is 9.90. The molecule has 2 saturated heterocycles. The number of hydrogen-bond acceptors (Lipinski definition) is 5. The highest BCUT2D eigenvalue weighted by atomic mass is 16.5. The summed E-state index contributed by atoms with van der Waals surface area (Å²) in [5, 5.41) is 3.04. The highest BCUT2D eigenvalue weighted by molar-refractivity contribution is 6.07. The van der Waals surface area contributed by atoms with E-state index in [1.165, 1.54) is 4.90 Å². The van der Waals surface area contributed by atoms with Crippen LogP contribution in [0, 0.1) is 0 Å². The zero-order valence-corrected chi connectivity index (χ0v) is 17.4. The van der Waals surface area contributed by atoms with E-state index >= 15 is 0 Å². The number of hydrogen-bond donors (Lipinski definition) is 1. The van der Waals surface area contributed by atoms with Gasteiger partial charge in [0, 0.05) is 24.2 Å². The van der Waals surface area contributed by atoms with Gasteiger partial charge in [0.1, 0.15) is 17.0 Å². The summed E-state index contributed by atoms with van der Waals surface area (Å²) in [7, 11) is 3.29. The van der Waals surface area contributed by atoms with Crippen LogP contribution in [-0.4, -0.2) is 54.7 Å². The Kier molecular flexibility index (Phi) is 5.67. The molecule has 0 radical (unpaired) electrons. The fraction of sp³-hybridized carbons (Fsp3) is 0.636. The molecule has 3 fully saturated rings. The third-order valence-corrected chi connectivity index (χ3v) is 6.69. The van der Waals surface area contributed by atoms with E-state index in [4.69, 9.17) is 9.47 Å². The van der Waals surface area contributed by atoms with Crippen molar-refractivity contribution >= 4 is 11.9 Å². The number of carbonyl (C=O) groups excluding carboxylic acids is 2. The number of amides is 3. The van der Waals surface area contributed by atoms with Crippen molar-refractivity contribution in [1.82, 2.24) is 15.1 Å². The van der Waals surface area contributed by atoms with Crippen LogP contribution in [0.15, 0.2) is 18.2 Å². The van der Waals surface area contributed by atoms with Gasteiger partial charge in [-0.2, -0.15) is 0 Å². The minimum absolute atomic E-state index is 0.0447. The van der Waals surface area contributed by atoms with Crippen LogP contribution in [0.3, 0.4) is 0 Å². The smallest absolute Gasteiger partial charge is 0.326 e. The van der Waals surface area contributed by atoms with E-state index in [2.05, 4.69) is 10.2 Å². The van der Waals surface area contributed by atoms with Crippen LogP contribution in [0.1, 0.15) is 63.0 Å². The molecule has 2 aliphatic heterocycles. The van der Waals surface area contributed by atoms with E-state index in [1.54, 1.807) is 14.2 Å². The van der Waals surface area contributed by atoms with Crippen molar-refractivity contribution in [2.24, 2.45) is 0 Å². The Morgan fingerprint density at radius 2 is 1.83 bits per heavy atom. The second-order valence-electron chi connectivity index (χ2n) is 8.38. The molecule has 0 aromatic heterocycles. The molecule has 3 aliphatic rings. The zero-order valence-electron chi connectivity index (χ0n) is 17.4. The molecule has 1 atom stereocenters. The van der Waals surface area contributed by atoms with Gasteiger partial charge >= 0.3 is 6.03 Å². The average molecular weight is 402 g/mol. The van der Waals surface area contributed by atoms with E-state index in [0.29, 0.717) is 6.67 Å². The van der Waals surface area contributed by atoms with Crippen molar-refractivity contribution < 1.29 is 19.1 Å². The molecule has 2 heterocycles. The maximum atomic E-state index is 13.3. The SMILES string of the molecule is COc1ccc(C2CCCN2CN2C(=O)NC3(CCCCCC3)C2=O)c(OC)c1. The molecule has 3 amide bonds. The van der Waals surface area contributed by atoms with Crippen LogP contribution < -0.4 is 14.8 Å². The molecule has 1 N–H and O–H groups in total. The zero-order chi connectivity index (χ0) is 20.4. The molecule has 29 heavy (non-hydrogen) atoms. The average Bonchev–Trinajstić information content (AvgIpc) is 3.18. The monoisotopic (exact) mass is 401 g/mol. The van der Waals surface area contributed by atoms with E-state index < -0.39 is 5.54 Å². The summed E-state index contributed by atoms with van der Waals surface area (Å²) in [5.74, 6) is 1.48. The first-order valence-electron chi connectivity index (χ1n) is 10.7. The second kappa shape index (κ2) is 8.22. The topological polar surface area (TPSA) is 71.1 Å². The molecular formula is C22H31N3O4. The molecule has 7 nitrogen and oxygen atoms in total. The van der Waals surface area contributed by atoms with Crippen LogP contribution >= 0.6 is 0 Å². The van der Waals surface area contributed by atoms with Gasteiger partial charge < -0.3 is 14.8 Å². The highest BCUT2D eigenvalue weighted by Crippen LogP contribution is 2.40. The Balaban J connectivity index is 1.53. The van der Waals surface area contributed by atoms with Crippen molar-refractivity contribution in [3.05, 3.63) is 23.8 Å². The number of urea groups is 1. The Labute approximate surface area is 172 Å². The van der Waals surface area contributed by atoms with Gasteiger partial charge in [-0.25, -0.2) is 9.69 Å². The first-order valence-corrected chi connectivity index (χ1v) is 10.7. The third kappa shape index (κ3) is 3.68. The molecule has 1 spiro atoms. The molecule has 0 bridgehead atoms. The fourth-order valence-corrected chi connectivity index (χ4v) is 5.10. The molecule has 1 saturated carbocycles. The van der Waals surface area contributed by atoms with Crippen LogP contribution in [0.4, 0.5) is 4.79 Å². The molecule has 4 rings (SSSR count). The van der Waals surface area contributed by atoms with Gasteiger partial charge in [-0.3, -0.25) is 9.69 Å². The van der Waals surface area contributed by atoms with Gasteiger partial charge in [0.25, 0.3) is 5.91 Å². The number of carbonyl (C=O) groups is 2. The minimum Gasteiger partial charge on any atom is -0.497 e. The van der Waals surface area contributed by atoms with Crippen molar-refractivity contribution in [2.45, 2.75) is 62.9 Å². The molecule has 158 valence electrons. The van der Waals surface area contributed by atoms with Crippen molar-refractivity contribution in [2.75, 3.05) is 27.4 Å². The third-order valence-electron chi connectivity index (χ3n) is 6.69. The largest absolute Gasteiger partial charge is 0.497 e. The number of likely N-dealkylation sites (tertiary alicyclic amines) is 1. The number of rotatable bonds is 5. The standard InChI is InChI=1S/C22H31N3O4/c1-28-16-9-10-17(19(14-16)29-2)18-8-7-13-24(18)15-25-20(26)22(23-21(25)27)11-5-3-4-6-12-22/h9-10,14,18H,3-8,11-13,15H2,1-2H3,(H,23,27).